The van der Waals surface area contributed by atoms with Gasteiger partial charge in [-0.25, -0.2) is 32.9 Å². The molecule has 1 rings (SSSR count). The van der Waals surface area contributed by atoms with Crippen molar-refractivity contribution >= 4 is 12.0 Å². The maximum atomic E-state index is 12.2. The molecule has 10 heteroatoms. The highest BCUT2D eigenvalue weighted by Gasteiger charge is 2.17. The van der Waals surface area contributed by atoms with Gasteiger partial charge in [0.25, 0.3) is 0 Å². The van der Waals surface area contributed by atoms with Gasteiger partial charge in [0.1, 0.15) is 6.54 Å². The summed E-state index contributed by atoms with van der Waals surface area (Å²) >= 11 is 0. The Morgan fingerprint density at radius 2 is 1.46 bits per heavy atom. The molecule has 0 spiro atoms. The lowest BCUT2D eigenvalue weighted by molar-refractivity contribution is -0.121. The van der Waals surface area contributed by atoms with Gasteiger partial charge in [0.15, 0.2) is 0 Å². The summed E-state index contributed by atoms with van der Waals surface area (Å²) in [7, 11) is 0. The van der Waals surface area contributed by atoms with E-state index in [1.54, 1.807) is 6.92 Å². The van der Waals surface area contributed by atoms with Crippen molar-refractivity contribution in [3.05, 3.63) is 56.8 Å². The van der Waals surface area contributed by atoms with Crippen molar-refractivity contribution in [1.82, 2.24) is 19.0 Å². The number of amides is 2. The Labute approximate surface area is 136 Å². The van der Waals surface area contributed by atoms with E-state index in [9.17, 15) is 24.0 Å². The predicted octanol–water partition coefficient (Wildman–Crippen LogP) is -1.18. The highest BCUT2D eigenvalue weighted by Crippen LogP contribution is 1.82. The van der Waals surface area contributed by atoms with Gasteiger partial charge in [0.05, 0.1) is 19.7 Å². The van der Waals surface area contributed by atoms with Gasteiger partial charge in [-0.2, -0.15) is 0 Å². The van der Waals surface area contributed by atoms with Crippen LogP contribution in [0.3, 0.4) is 0 Å². The zero-order valence-electron chi connectivity index (χ0n) is 13.2. The van der Waals surface area contributed by atoms with Gasteiger partial charge in [-0.3, -0.25) is 10.1 Å². The van der Waals surface area contributed by atoms with Crippen LogP contribution in [0.4, 0.5) is 4.79 Å². The normalized spacial score (nSPS) is 10.0. The molecule has 130 valence electrons. The number of alkyl carbamates (subject to hydrolysis) is 1. The first-order chi connectivity index (χ1) is 11.4. The van der Waals surface area contributed by atoms with Crippen molar-refractivity contribution in [2.24, 2.45) is 0 Å². The average Bonchev–Trinajstić information content (AvgIpc) is 2.52. The molecule has 1 heterocycles. The SMILES string of the molecule is C=CCn1c(=O)n(CC=C)c(=O)n(CC(=O)NC(=O)OCC)c1=O. The number of nitrogens with zero attached hydrogens (tertiary/aromatic N) is 3. The van der Waals surface area contributed by atoms with Crippen LogP contribution in [0, 0.1) is 0 Å². The van der Waals surface area contributed by atoms with Crippen molar-refractivity contribution in [2.45, 2.75) is 26.6 Å². The fraction of sp³-hybridized carbons (Fsp3) is 0.357. The van der Waals surface area contributed by atoms with Crippen LogP contribution in [-0.4, -0.2) is 32.3 Å². The van der Waals surface area contributed by atoms with E-state index in [4.69, 9.17) is 0 Å². The van der Waals surface area contributed by atoms with Crippen molar-refractivity contribution in [3.63, 3.8) is 0 Å². The summed E-state index contributed by atoms with van der Waals surface area (Å²) in [6.45, 7) is 7.43. The first-order valence-electron chi connectivity index (χ1n) is 7.00. The molecular weight excluding hydrogens is 320 g/mol. The summed E-state index contributed by atoms with van der Waals surface area (Å²) in [5.74, 6) is -0.929. The molecule has 0 aliphatic rings. The van der Waals surface area contributed by atoms with Crippen LogP contribution in [0.25, 0.3) is 0 Å². The van der Waals surface area contributed by atoms with Gasteiger partial charge >= 0.3 is 23.2 Å². The summed E-state index contributed by atoms with van der Waals surface area (Å²) in [5, 5.41) is 1.87. The number of ether oxygens (including phenoxy) is 1. The second-order valence-electron chi connectivity index (χ2n) is 4.50. The summed E-state index contributed by atoms with van der Waals surface area (Å²) in [6.07, 6.45) is 1.60. The zero-order chi connectivity index (χ0) is 18.3. The predicted molar refractivity (Wildman–Crippen MR) is 84.8 cm³/mol. The highest BCUT2D eigenvalue weighted by atomic mass is 16.5. The van der Waals surface area contributed by atoms with Crippen LogP contribution in [0.5, 0.6) is 0 Å². The van der Waals surface area contributed by atoms with Crippen molar-refractivity contribution in [3.8, 4) is 0 Å². The number of nitrogens with one attached hydrogen (secondary N) is 1. The van der Waals surface area contributed by atoms with Crippen LogP contribution in [0.2, 0.25) is 0 Å². The maximum absolute atomic E-state index is 12.2. The molecule has 0 aromatic carbocycles. The number of allylic oxidation sites excluding steroid dienone is 2. The van der Waals surface area contributed by atoms with E-state index in [1.165, 1.54) is 12.2 Å². The van der Waals surface area contributed by atoms with E-state index in [0.29, 0.717) is 4.57 Å². The smallest absolute Gasteiger partial charge is 0.413 e. The molecule has 0 fully saturated rings. The Bertz CT molecular complexity index is 781. The molecule has 0 aliphatic heterocycles. The van der Waals surface area contributed by atoms with Crippen LogP contribution in [0.15, 0.2) is 39.7 Å². The number of aromatic nitrogens is 3. The number of hydrogen-bond donors (Lipinski definition) is 1. The van der Waals surface area contributed by atoms with Gasteiger partial charge in [-0.15, -0.1) is 13.2 Å². The summed E-state index contributed by atoms with van der Waals surface area (Å²) < 4.78 is 6.57. The molecular formula is C14H18N4O6. The largest absolute Gasteiger partial charge is 0.450 e. The molecule has 24 heavy (non-hydrogen) atoms. The molecule has 0 aliphatic carbocycles. The van der Waals surface area contributed by atoms with E-state index in [-0.39, 0.29) is 19.7 Å². The Morgan fingerprint density at radius 1 is 1.00 bits per heavy atom. The monoisotopic (exact) mass is 338 g/mol. The molecule has 10 nitrogen and oxygen atoms in total. The third-order valence-corrected chi connectivity index (χ3v) is 2.83. The molecule has 1 aromatic rings. The fourth-order valence-corrected chi connectivity index (χ4v) is 1.85. The van der Waals surface area contributed by atoms with Gasteiger partial charge in [0, 0.05) is 0 Å². The number of carbonyl (C=O) groups excluding carboxylic acids is 2. The van der Waals surface area contributed by atoms with Crippen LogP contribution >= 0.6 is 0 Å². The topological polar surface area (TPSA) is 121 Å². The number of hydrogen-bond acceptors (Lipinski definition) is 6. The van der Waals surface area contributed by atoms with Crippen LogP contribution < -0.4 is 22.4 Å². The van der Waals surface area contributed by atoms with E-state index >= 15 is 0 Å². The molecule has 1 aromatic heterocycles. The van der Waals surface area contributed by atoms with E-state index in [0.717, 1.165) is 9.13 Å². The van der Waals surface area contributed by atoms with Gasteiger partial charge < -0.3 is 4.74 Å². The van der Waals surface area contributed by atoms with Gasteiger partial charge in [-0.05, 0) is 6.92 Å². The minimum absolute atomic E-state index is 0.0510. The lowest BCUT2D eigenvalue weighted by atomic mass is 10.5. The Kier molecular flexibility index (Phi) is 6.65. The molecule has 0 bridgehead atoms. The second-order valence-corrected chi connectivity index (χ2v) is 4.50. The minimum atomic E-state index is -0.999. The zero-order valence-corrected chi connectivity index (χ0v) is 13.2. The number of carbonyl (C=O) groups is 2. The molecule has 0 unspecified atom stereocenters. The summed E-state index contributed by atoms with van der Waals surface area (Å²) in [4.78, 5) is 59.6. The highest BCUT2D eigenvalue weighted by molar-refractivity contribution is 5.91. The third-order valence-electron chi connectivity index (χ3n) is 2.83. The number of rotatable bonds is 7. The minimum Gasteiger partial charge on any atom is -0.450 e. The van der Waals surface area contributed by atoms with Crippen molar-refractivity contribution < 1.29 is 14.3 Å². The van der Waals surface area contributed by atoms with Crippen LogP contribution in [-0.2, 0) is 29.2 Å². The summed E-state index contributed by atoms with van der Waals surface area (Å²) in [5.41, 5.74) is -2.81. The average molecular weight is 338 g/mol. The van der Waals surface area contributed by atoms with Crippen molar-refractivity contribution in [2.75, 3.05) is 6.61 Å². The lowest BCUT2D eigenvalue weighted by Gasteiger charge is -2.11. The first kappa shape index (κ1) is 18.9. The molecule has 2 amide bonds. The Morgan fingerprint density at radius 3 is 1.88 bits per heavy atom. The summed E-state index contributed by atoms with van der Waals surface area (Å²) in [6, 6.07) is 0. The third kappa shape index (κ3) is 4.18. The van der Waals surface area contributed by atoms with Crippen molar-refractivity contribution in [1.29, 1.82) is 0 Å². The standard InChI is InChI=1S/C14H18N4O6/c1-4-7-16-12(21)17(8-5-2)14(23)18(13(16)22)9-10(19)15-11(20)24-6-3/h4-5H,1-2,6-9H2,3H3,(H,15,19,20). The van der Waals surface area contributed by atoms with E-state index in [1.807, 2.05) is 5.32 Å². The second kappa shape index (κ2) is 8.46. The van der Waals surface area contributed by atoms with Crippen LogP contribution in [0.1, 0.15) is 6.92 Å². The fourth-order valence-electron chi connectivity index (χ4n) is 1.85. The molecule has 0 saturated heterocycles. The number of imide groups is 1. The lowest BCUT2D eigenvalue weighted by Crippen LogP contribution is -2.55. The van der Waals surface area contributed by atoms with Gasteiger partial charge in [-0.1, -0.05) is 12.2 Å². The molecule has 0 radical (unpaired) electrons. The maximum Gasteiger partial charge on any atom is 0.413 e. The molecule has 1 N–H and O–H groups in total. The molecule has 0 atom stereocenters. The van der Waals surface area contributed by atoms with E-state index in [2.05, 4.69) is 17.9 Å². The molecule has 0 saturated carbocycles. The van der Waals surface area contributed by atoms with E-state index < -0.39 is 35.6 Å². The quantitative estimate of drug-likeness (QED) is 0.624. The first-order valence-corrected chi connectivity index (χ1v) is 7.00. The van der Waals surface area contributed by atoms with Gasteiger partial charge in [0.2, 0.25) is 5.91 Å². The Balaban J connectivity index is 3.34. The Hall–Kier alpha value is -3.17.